The highest BCUT2D eigenvalue weighted by molar-refractivity contribution is 5.83. The number of rotatable bonds is 4. The maximum absolute atomic E-state index is 14.4. The van der Waals surface area contributed by atoms with E-state index in [9.17, 15) is 4.39 Å². The number of fused-ring (bicyclic) bond motifs is 1. The van der Waals surface area contributed by atoms with Crippen LogP contribution in [0.25, 0.3) is 10.8 Å². The Bertz CT molecular complexity index is 578. The zero-order chi connectivity index (χ0) is 13.8. The zero-order valence-corrected chi connectivity index (χ0v) is 11.6. The van der Waals surface area contributed by atoms with E-state index < -0.39 is 0 Å². The first-order valence-corrected chi connectivity index (χ1v) is 7.31. The number of ether oxygens (including phenoxy) is 1. The Balaban J connectivity index is 1.63. The molecule has 20 heavy (non-hydrogen) atoms. The molecule has 0 bridgehead atoms. The van der Waals surface area contributed by atoms with E-state index in [0.717, 1.165) is 62.0 Å². The van der Waals surface area contributed by atoms with Crippen molar-refractivity contribution in [2.75, 3.05) is 32.8 Å². The largest absolute Gasteiger partial charge is 0.379 e. The van der Waals surface area contributed by atoms with Crippen LogP contribution < -0.4 is 0 Å². The summed E-state index contributed by atoms with van der Waals surface area (Å²) in [5, 5.41) is 1.71. The standard InChI is InChI=1S/C17H20FNO/c18-17-15(5-3-9-19-10-12-20-13-11-19)8-7-14-4-1-2-6-16(14)17/h1-2,4,6-8H,3,5,9-13H2. The van der Waals surface area contributed by atoms with Crippen LogP contribution in [0, 0.1) is 5.82 Å². The third kappa shape index (κ3) is 3.00. The molecule has 0 radical (unpaired) electrons. The van der Waals surface area contributed by atoms with Gasteiger partial charge in [-0.15, -0.1) is 0 Å². The van der Waals surface area contributed by atoms with E-state index in [2.05, 4.69) is 4.90 Å². The molecule has 1 heterocycles. The topological polar surface area (TPSA) is 12.5 Å². The molecule has 0 amide bonds. The van der Waals surface area contributed by atoms with E-state index in [1.807, 2.05) is 36.4 Å². The number of halogens is 1. The minimum atomic E-state index is -0.0509. The fourth-order valence-electron chi connectivity index (χ4n) is 2.79. The summed E-state index contributed by atoms with van der Waals surface area (Å²) in [5.74, 6) is -0.0509. The van der Waals surface area contributed by atoms with Gasteiger partial charge in [-0.3, -0.25) is 4.90 Å². The highest BCUT2D eigenvalue weighted by Crippen LogP contribution is 2.21. The average molecular weight is 273 g/mol. The molecule has 0 spiro atoms. The summed E-state index contributed by atoms with van der Waals surface area (Å²) in [6.45, 7) is 4.67. The van der Waals surface area contributed by atoms with Crippen LogP contribution in [0.1, 0.15) is 12.0 Å². The van der Waals surface area contributed by atoms with Gasteiger partial charge in [0.2, 0.25) is 0 Å². The first kappa shape index (κ1) is 13.5. The third-order valence-corrected chi connectivity index (χ3v) is 3.97. The summed E-state index contributed by atoms with van der Waals surface area (Å²) < 4.78 is 19.7. The van der Waals surface area contributed by atoms with Crippen LogP contribution in [0.4, 0.5) is 4.39 Å². The number of nitrogens with zero attached hydrogens (tertiary/aromatic N) is 1. The maximum Gasteiger partial charge on any atom is 0.134 e. The number of benzene rings is 2. The Labute approximate surface area is 119 Å². The van der Waals surface area contributed by atoms with Crippen LogP contribution in [0.2, 0.25) is 0 Å². The molecular formula is C17H20FNO. The van der Waals surface area contributed by atoms with Crippen LogP contribution >= 0.6 is 0 Å². The summed E-state index contributed by atoms with van der Waals surface area (Å²) in [4.78, 5) is 2.39. The average Bonchev–Trinajstić information content (AvgIpc) is 2.51. The summed E-state index contributed by atoms with van der Waals surface area (Å²) in [5.41, 5.74) is 0.831. The van der Waals surface area contributed by atoms with E-state index >= 15 is 0 Å². The number of aryl methyl sites for hydroxylation is 1. The zero-order valence-electron chi connectivity index (χ0n) is 11.6. The van der Waals surface area contributed by atoms with Gasteiger partial charge in [0.05, 0.1) is 13.2 Å². The molecule has 1 aliphatic rings. The molecule has 0 atom stereocenters. The second kappa shape index (κ2) is 6.33. The smallest absolute Gasteiger partial charge is 0.134 e. The van der Waals surface area contributed by atoms with Crippen LogP contribution in [-0.2, 0) is 11.2 Å². The highest BCUT2D eigenvalue weighted by atomic mass is 19.1. The molecule has 106 valence electrons. The van der Waals surface area contributed by atoms with E-state index in [-0.39, 0.29) is 5.82 Å². The lowest BCUT2D eigenvalue weighted by atomic mass is 10.0. The Kier molecular flexibility index (Phi) is 4.28. The van der Waals surface area contributed by atoms with Gasteiger partial charge in [0.25, 0.3) is 0 Å². The van der Waals surface area contributed by atoms with Crippen molar-refractivity contribution in [3.05, 3.63) is 47.8 Å². The molecule has 2 aromatic carbocycles. The van der Waals surface area contributed by atoms with Crippen molar-refractivity contribution in [1.82, 2.24) is 4.90 Å². The molecule has 2 aromatic rings. The Morgan fingerprint density at radius 1 is 1.05 bits per heavy atom. The summed E-state index contributed by atoms with van der Waals surface area (Å²) >= 11 is 0. The lowest BCUT2D eigenvalue weighted by Gasteiger charge is -2.26. The molecule has 0 unspecified atom stereocenters. The van der Waals surface area contributed by atoms with Crippen molar-refractivity contribution in [2.45, 2.75) is 12.8 Å². The molecular weight excluding hydrogens is 253 g/mol. The Morgan fingerprint density at radius 3 is 2.70 bits per heavy atom. The van der Waals surface area contributed by atoms with Gasteiger partial charge in [-0.1, -0.05) is 36.4 Å². The van der Waals surface area contributed by atoms with Gasteiger partial charge in [-0.05, 0) is 30.3 Å². The predicted molar refractivity (Wildman–Crippen MR) is 79.5 cm³/mol. The van der Waals surface area contributed by atoms with Gasteiger partial charge in [0.15, 0.2) is 0 Å². The number of morpholine rings is 1. The normalized spacial score (nSPS) is 16.6. The minimum Gasteiger partial charge on any atom is -0.379 e. The van der Waals surface area contributed by atoms with Crippen molar-refractivity contribution < 1.29 is 9.13 Å². The molecule has 1 fully saturated rings. The molecule has 1 aliphatic heterocycles. The summed E-state index contributed by atoms with van der Waals surface area (Å²) in [7, 11) is 0. The van der Waals surface area contributed by atoms with Crippen LogP contribution in [0.15, 0.2) is 36.4 Å². The van der Waals surface area contributed by atoms with Gasteiger partial charge in [-0.25, -0.2) is 4.39 Å². The molecule has 0 N–H and O–H groups in total. The van der Waals surface area contributed by atoms with E-state index in [0.29, 0.717) is 0 Å². The van der Waals surface area contributed by atoms with Crippen molar-refractivity contribution in [3.63, 3.8) is 0 Å². The number of hydrogen-bond donors (Lipinski definition) is 0. The van der Waals surface area contributed by atoms with Crippen LogP contribution in [-0.4, -0.2) is 37.7 Å². The molecule has 0 aromatic heterocycles. The fraction of sp³-hybridized carbons (Fsp3) is 0.412. The van der Waals surface area contributed by atoms with Crippen molar-refractivity contribution in [2.24, 2.45) is 0 Å². The minimum absolute atomic E-state index is 0.0509. The summed E-state index contributed by atoms with van der Waals surface area (Å²) in [6, 6.07) is 11.6. The first-order chi connectivity index (χ1) is 9.84. The predicted octanol–water partition coefficient (Wildman–Crippen LogP) is 3.24. The second-order valence-corrected chi connectivity index (χ2v) is 5.32. The van der Waals surface area contributed by atoms with Gasteiger partial charge in [-0.2, -0.15) is 0 Å². The Hall–Kier alpha value is -1.45. The maximum atomic E-state index is 14.4. The van der Waals surface area contributed by atoms with E-state index in [1.165, 1.54) is 0 Å². The Morgan fingerprint density at radius 2 is 1.85 bits per heavy atom. The molecule has 1 saturated heterocycles. The molecule has 3 heteroatoms. The molecule has 0 aliphatic carbocycles. The highest BCUT2D eigenvalue weighted by Gasteiger charge is 2.11. The van der Waals surface area contributed by atoms with E-state index in [4.69, 9.17) is 4.74 Å². The molecule has 0 saturated carbocycles. The quantitative estimate of drug-likeness (QED) is 0.848. The van der Waals surface area contributed by atoms with Crippen LogP contribution in [0.5, 0.6) is 0 Å². The van der Waals surface area contributed by atoms with Gasteiger partial charge >= 0.3 is 0 Å². The van der Waals surface area contributed by atoms with Crippen molar-refractivity contribution >= 4 is 10.8 Å². The van der Waals surface area contributed by atoms with Crippen molar-refractivity contribution in [3.8, 4) is 0 Å². The first-order valence-electron chi connectivity index (χ1n) is 7.31. The third-order valence-electron chi connectivity index (χ3n) is 3.97. The van der Waals surface area contributed by atoms with E-state index in [1.54, 1.807) is 0 Å². The van der Waals surface area contributed by atoms with Gasteiger partial charge in [0.1, 0.15) is 5.82 Å². The monoisotopic (exact) mass is 273 g/mol. The fourth-order valence-corrected chi connectivity index (χ4v) is 2.79. The van der Waals surface area contributed by atoms with Gasteiger partial charge < -0.3 is 4.74 Å². The molecule has 3 rings (SSSR count). The lowest BCUT2D eigenvalue weighted by Crippen LogP contribution is -2.36. The van der Waals surface area contributed by atoms with Crippen LogP contribution in [0.3, 0.4) is 0 Å². The lowest BCUT2D eigenvalue weighted by molar-refractivity contribution is 0.0374. The second-order valence-electron chi connectivity index (χ2n) is 5.32. The number of hydrogen-bond acceptors (Lipinski definition) is 2. The van der Waals surface area contributed by atoms with Gasteiger partial charge in [0, 0.05) is 18.5 Å². The SMILES string of the molecule is Fc1c(CCCN2CCOCC2)ccc2ccccc12. The summed E-state index contributed by atoms with van der Waals surface area (Å²) in [6.07, 6.45) is 1.79. The molecule has 2 nitrogen and oxygen atoms in total. The van der Waals surface area contributed by atoms with Crippen molar-refractivity contribution in [1.29, 1.82) is 0 Å².